The molecule has 128 valence electrons. The highest BCUT2D eigenvalue weighted by Crippen LogP contribution is 2.21. The van der Waals surface area contributed by atoms with Gasteiger partial charge in [0.15, 0.2) is 0 Å². The highest BCUT2D eigenvalue weighted by Gasteiger charge is 2.11. The highest BCUT2D eigenvalue weighted by molar-refractivity contribution is 6.31. The standard InChI is InChI=1S/C18H16ClN3O3/c1-3-22-15-7-5-11(8-14(15)21-17(24)18(22)25)16(23)20-12-6-4-10(2)13(19)9-12/h4-9H,3H2,1-2H3,(H,20,23)(H,21,24). The summed E-state index contributed by atoms with van der Waals surface area (Å²) in [4.78, 5) is 38.6. The summed E-state index contributed by atoms with van der Waals surface area (Å²) in [7, 11) is 0. The lowest BCUT2D eigenvalue weighted by Gasteiger charge is -2.10. The molecule has 0 aliphatic carbocycles. The van der Waals surface area contributed by atoms with Crippen molar-refractivity contribution in [2.45, 2.75) is 20.4 Å². The van der Waals surface area contributed by atoms with Crippen molar-refractivity contribution in [2.24, 2.45) is 0 Å². The molecule has 7 heteroatoms. The first-order valence-corrected chi connectivity index (χ1v) is 8.13. The van der Waals surface area contributed by atoms with Gasteiger partial charge in [0.1, 0.15) is 0 Å². The second kappa shape index (κ2) is 6.57. The van der Waals surface area contributed by atoms with Gasteiger partial charge in [-0.3, -0.25) is 14.4 Å². The van der Waals surface area contributed by atoms with E-state index in [1.54, 1.807) is 37.3 Å². The summed E-state index contributed by atoms with van der Waals surface area (Å²) in [6.07, 6.45) is 0. The first-order chi connectivity index (χ1) is 11.9. The van der Waals surface area contributed by atoms with Gasteiger partial charge >= 0.3 is 11.1 Å². The molecule has 2 aromatic carbocycles. The van der Waals surface area contributed by atoms with Crippen LogP contribution in [-0.4, -0.2) is 15.5 Å². The highest BCUT2D eigenvalue weighted by atomic mass is 35.5. The quantitative estimate of drug-likeness (QED) is 0.707. The van der Waals surface area contributed by atoms with Crippen LogP contribution in [0.4, 0.5) is 5.69 Å². The maximum absolute atomic E-state index is 12.4. The molecule has 3 aromatic rings. The minimum Gasteiger partial charge on any atom is -0.322 e. The van der Waals surface area contributed by atoms with Gasteiger partial charge in [-0.05, 0) is 49.7 Å². The third kappa shape index (κ3) is 3.21. The zero-order valence-electron chi connectivity index (χ0n) is 13.7. The zero-order chi connectivity index (χ0) is 18.1. The van der Waals surface area contributed by atoms with E-state index >= 15 is 0 Å². The average molecular weight is 358 g/mol. The van der Waals surface area contributed by atoms with E-state index in [2.05, 4.69) is 10.3 Å². The molecule has 0 saturated heterocycles. The van der Waals surface area contributed by atoms with Gasteiger partial charge in [-0.25, -0.2) is 0 Å². The molecule has 1 heterocycles. The van der Waals surface area contributed by atoms with E-state index in [-0.39, 0.29) is 5.91 Å². The number of hydrogen-bond acceptors (Lipinski definition) is 3. The van der Waals surface area contributed by atoms with E-state index < -0.39 is 11.1 Å². The van der Waals surface area contributed by atoms with Gasteiger partial charge in [0.2, 0.25) is 0 Å². The number of aromatic nitrogens is 2. The molecule has 0 saturated carbocycles. The number of aromatic amines is 1. The Morgan fingerprint density at radius 1 is 1.20 bits per heavy atom. The molecule has 25 heavy (non-hydrogen) atoms. The summed E-state index contributed by atoms with van der Waals surface area (Å²) in [6, 6.07) is 10.1. The monoisotopic (exact) mass is 357 g/mol. The van der Waals surface area contributed by atoms with Crippen LogP contribution in [0.3, 0.4) is 0 Å². The van der Waals surface area contributed by atoms with Crippen molar-refractivity contribution < 1.29 is 4.79 Å². The van der Waals surface area contributed by atoms with Crippen molar-refractivity contribution in [2.75, 3.05) is 5.32 Å². The molecule has 6 nitrogen and oxygen atoms in total. The summed E-state index contributed by atoms with van der Waals surface area (Å²) < 4.78 is 1.37. The second-order valence-corrected chi connectivity index (χ2v) is 6.06. The Labute approximate surface area is 148 Å². The third-order valence-corrected chi connectivity index (χ3v) is 4.39. The van der Waals surface area contributed by atoms with Crippen LogP contribution < -0.4 is 16.4 Å². The fourth-order valence-corrected chi connectivity index (χ4v) is 2.79. The van der Waals surface area contributed by atoms with Gasteiger partial charge in [0.05, 0.1) is 11.0 Å². The number of H-pyrrole nitrogens is 1. The van der Waals surface area contributed by atoms with Crippen LogP contribution in [0.5, 0.6) is 0 Å². The first kappa shape index (κ1) is 17.0. The van der Waals surface area contributed by atoms with E-state index in [1.807, 2.05) is 13.0 Å². The Morgan fingerprint density at radius 3 is 2.64 bits per heavy atom. The van der Waals surface area contributed by atoms with Crippen LogP contribution in [0.25, 0.3) is 11.0 Å². The van der Waals surface area contributed by atoms with E-state index in [9.17, 15) is 14.4 Å². The molecule has 0 bridgehead atoms. The van der Waals surface area contributed by atoms with Gasteiger partial charge < -0.3 is 14.9 Å². The average Bonchev–Trinajstić information content (AvgIpc) is 2.59. The topological polar surface area (TPSA) is 84.0 Å². The predicted molar refractivity (Wildman–Crippen MR) is 98.6 cm³/mol. The number of aryl methyl sites for hydroxylation is 2. The SMILES string of the molecule is CCn1c(=O)c(=O)[nH]c2cc(C(=O)Nc3ccc(C)c(Cl)c3)ccc21. The number of amides is 1. The first-order valence-electron chi connectivity index (χ1n) is 7.75. The predicted octanol–water partition coefficient (Wildman–Crippen LogP) is 2.92. The van der Waals surface area contributed by atoms with Crippen molar-refractivity contribution in [3.63, 3.8) is 0 Å². The van der Waals surface area contributed by atoms with Crippen LogP contribution in [0, 0.1) is 6.92 Å². The molecule has 0 atom stereocenters. The third-order valence-electron chi connectivity index (χ3n) is 3.98. The largest absolute Gasteiger partial charge is 0.322 e. The van der Waals surface area contributed by atoms with E-state index in [0.717, 1.165) is 5.56 Å². The van der Waals surface area contributed by atoms with Crippen molar-refractivity contribution in [1.82, 2.24) is 9.55 Å². The van der Waals surface area contributed by atoms with Gasteiger partial charge in [-0.1, -0.05) is 17.7 Å². The van der Waals surface area contributed by atoms with Crippen LogP contribution in [0.1, 0.15) is 22.8 Å². The van der Waals surface area contributed by atoms with Crippen LogP contribution >= 0.6 is 11.6 Å². The van der Waals surface area contributed by atoms with Gasteiger partial charge in [0, 0.05) is 22.8 Å². The van der Waals surface area contributed by atoms with Gasteiger partial charge in [-0.2, -0.15) is 0 Å². The fraction of sp³-hybridized carbons (Fsp3) is 0.167. The molecule has 0 aliphatic heterocycles. The van der Waals surface area contributed by atoms with E-state index in [1.165, 1.54) is 4.57 Å². The van der Waals surface area contributed by atoms with Crippen molar-refractivity contribution >= 4 is 34.2 Å². The number of rotatable bonds is 3. The summed E-state index contributed by atoms with van der Waals surface area (Å²) in [6.45, 7) is 4.02. The Bertz CT molecular complexity index is 1100. The summed E-state index contributed by atoms with van der Waals surface area (Å²) in [5.41, 5.74) is 1.54. The molecule has 0 fully saturated rings. The Balaban J connectivity index is 1.99. The summed E-state index contributed by atoms with van der Waals surface area (Å²) in [5.74, 6) is -0.336. The maximum Gasteiger partial charge on any atom is 0.316 e. The molecule has 0 spiro atoms. The van der Waals surface area contributed by atoms with E-state index in [4.69, 9.17) is 11.6 Å². The number of carbonyl (C=O) groups is 1. The number of carbonyl (C=O) groups excluding carboxylic acids is 1. The minimum absolute atomic E-state index is 0.336. The van der Waals surface area contributed by atoms with Crippen molar-refractivity contribution in [3.8, 4) is 0 Å². The Morgan fingerprint density at radius 2 is 1.96 bits per heavy atom. The smallest absolute Gasteiger partial charge is 0.316 e. The number of halogens is 1. The number of fused-ring (bicyclic) bond motifs is 1. The van der Waals surface area contributed by atoms with Crippen molar-refractivity contribution in [1.29, 1.82) is 0 Å². The molecule has 3 rings (SSSR count). The molecule has 0 aliphatic rings. The molecular formula is C18H16ClN3O3. The molecule has 2 N–H and O–H groups in total. The van der Waals surface area contributed by atoms with Crippen LogP contribution in [0.2, 0.25) is 5.02 Å². The lowest BCUT2D eigenvalue weighted by molar-refractivity contribution is 0.102. The normalized spacial score (nSPS) is 10.8. The number of nitrogens with one attached hydrogen (secondary N) is 2. The lowest BCUT2D eigenvalue weighted by atomic mass is 10.1. The number of benzene rings is 2. The van der Waals surface area contributed by atoms with E-state index in [0.29, 0.717) is 33.9 Å². The fourth-order valence-electron chi connectivity index (χ4n) is 2.61. The Kier molecular flexibility index (Phi) is 4.46. The maximum atomic E-state index is 12.4. The molecule has 1 amide bonds. The van der Waals surface area contributed by atoms with Gasteiger partial charge in [-0.15, -0.1) is 0 Å². The Hall–Kier alpha value is -2.86. The molecule has 1 aromatic heterocycles. The van der Waals surface area contributed by atoms with Crippen molar-refractivity contribution in [3.05, 3.63) is 73.3 Å². The summed E-state index contributed by atoms with van der Waals surface area (Å²) in [5, 5.41) is 3.32. The van der Waals surface area contributed by atoms with Gasteiger partial charge in [0.25, 0.3) is 5.91 Å². The zero-order valence-corrected chi connectivity index (χ0v) is 14.5. The summed E-state index contributed by atoms with van der Waals surface area (Å²) >= 11 is 6.06. The number of nitrogens with zero attached hydrogens (tertiary/aromatic N) is 1. The molecule has 0 radical (unpaired) electrons. The van der Waals surface area contributed by atoms with Crippen LogP contribution in [-0.2, 0) is 6.54 Å². The number of anilines is 1. The minimum atomic E-state index is -0.711. The molecular weight excluding hydrogens is 342 g/mol. The van der Waals surface area contributed by atoms with Crippen LogP contribution in [0.15, 0.2) is 46.0 Å². The number of hydrogen-bond donors (Lipinski definition) is 2. The molecule has 0 unspecified atom stereocenters. The lowest BCUT2D eigenvalue weighted by Crippen LogP contribution is -2.36. The second-order valence-electron chi connectivity index (χ2n) is 5.65.